The molecule has 0 amide bonds. The summed E-state index contributed by atoms with van der Waals surface area (Å²) in [5.41, 5.74) is 0. The van der Waals surface area contributed by atoms with Crippen LogP contribution in [-0.2, 0) is 19.1 Å². The molecule has 0 radical (unpaired) electrons. The lowest BCUT2D eigenvalue weighted by molar-refractivity contribution is -0.145. The van der Waals surface area contributed by atoms with Gasteiger partial charge in [-0.1, -0.05) is 90.4 Å². The van der Waals surface area contributed by atoms with Crippen LogP contribution in [0.4, 0.5) is 0 Å². The van der Waals surface area contributed by atoms with Crippen LogP contribution in [-0.4, -0.2) is 36.9 Å². The smallest absolute Gasteiger partial charge is 0.305 e. The maximum Gasteiger partial charge on any atom is 0.305 e. The second kappa shape index (κ2) is 23.2. The van der Waals surface area contributed by atoms with Crippen molar-refractivity contribution in [3.8, 4) is 0 Å². The SMILES string of the molecule is CCCCCCCCCCCCCCCCOCCOC(=O)CCCCC(=O)O. The van der Waals surface area contributed by atoms with Gasteiger partial charge in [-0.3, -0.25) is 9.59 Å². The first-order valence-corrected chi connectivity index (χ1v) is 12.1. The van der Waals surface area contributed by atoms with Gasteiger partial charge in [0.15, 0.2) is 0 Å². The molecule has 0 atom stereocenters. The Labute approximate surface area is 178 Å². The number of carbonyl (C=O) groups is 2. The molecule has 0 spiro atoms. The number of aliphatic carboxylic acids is 1. The Morgan fingerprint density at radius 3 is 1.59 bits per heavy atom. The number of unbranched alkanes of at least 4 members (excludes halogenated alkanes) is 14. The van der Waals surface area contributed by atoms with Crippen molar-refractivity contribution >= 4 is 11.9 Å². The van der Waals surface area contributed by atoms with Crippen molar-refractivity contribution in [3.63, 3.8) is 0 Å². The van der Waals surface area contributed by atoms with Crippen LogP contribution in [0.25, 0.3) is 0 Å². The highest BCUT2D eigenvalue weighted by Crippen LogP contribution is 2.13. The third-order valence-electron chi connectivity index (χ3n) is 5.15. The van der Waals surface area contributed by atoms with Crippen LogP contribution in [0.5, 0.6) is 0 Å². The standard InChI is InChI=1S/C24H46O5/c1-2-3-4-5-6-7-8-9-10-11-12-13-14-17-20-28-21-22-29-24(27)19-16-15-18-23(25)26/h2-22H2,1H3,(H,25,26). The Morgan fingerprint density at radius 1 is 0.586 bits per heavy atom. The molecule has 0 aliphatic rings. The molecule has 0 rings (SSSR count). The van der Waals surface area contributed by atoms with Crippen molar-refractivity contribution in [2.45, 2.75) is 122 Å². The van der Waals surface area contributed by atoms with Crippen LogP contribution >= 0.6 is 0 Å². The predicted octanol–water partition coefficient (Wildman–Crippen LogP) is 6.67. The molecule has 5 heteroatoms. The zero-order valence-corrected chi connectivity index (χ0v) is 18.9. The molecule has 0 bridgehead atoms. The Balaban J connectivity index is 3.11. The molecule has 0 heterocycles. The lowest BCUT2D eigenvalue weighted by Gasteiger charge is -2.06. The highest BCUT2D eigenvalue weighted by atomic mass is 16.6. The van der Waals surface area contributed by atoms with Gasteiger partial charge in [0.2, 0.25) is 0 Å². The minimum absolute atomic E-state index is 0.107. The predicted molar refractivity (Wildman–Crippen MR) is 118 cm³/mol. The quantitative estimate of drug-likeness (QED) is 0.149. The monoisotopic (exact) mass is 414 g/mol. The van der Waals surface area contributed by atoms with Gasteiger partial charge in [0.1, 0.15) is 6.61 Å². The van der Waals surface area contributed by atoms with E-state index in [0.717, 1.165) is 13.0 Å². The lowest BCUT2D eigenvalue weighted by atomic mass is 10.0. The second-order valence-electron chi connectivity index (χ2n) is 8.03. The summed E-state index contributed by atoms with van der Waals surface area (Å²) in [7, 11) is 0. The second-order valence-corrected chi connectivity index (χ2v) is 8.03. The molecule has 0 aromatic rings. The maximum atomic E-state index is 11.4. The maximum absolute atomic E-state index is 11.4. The van der Waals surface area contributed by atoms with E-state index in [-0.39, 0.29) is 25.4 Å². The van der Waals surface area contributed by atoms with Gasteiger partial charge >= 0.3 is 11.9 Å². The van der Waals surface area contributed by atoms with Crippen molar-refractivity contribution in [2.24, 2.45) is 0 Å². The average Bonchev–Trinajstić information content (AvgIpc) is 2.70. The number of hydrogen-bond acceptors (Lipinski definition) is 4. The molecule has 1 N–H and O–H groups in total. The minimum Gasteiger partial charge on any atom is -0.481 e. The van der Waals surface area contributed by atoms with Crippen LogP contribution < -0.4 is 0 Å². The molecule has 0 saturated heterocycles. The molecule has 0 aromatic heterocycles. The van der Waals surface area contributed by atoms with E-state index in [2.05, 4.69) is 6.92 Å². The number of ether oxygens (including phenoxy) is 2. The van der Waals surface area contributed by atoms with Crippen LogP contribution in [0.2, 0.25) is 0 Å². The van der Waals surface area contributed by atoms with Gasteiger partial charge in [0.05, 0.1) is 6.61 Å². The van der Waals surface area contributed by atoms with Crippen molar-refractivity contribution in [1.82, 2.24) is 0 Å². The summed E-state index contributed by atoms with van der Waals surface area (Å²) in [6.45, 7) is 3.73. The Morgan fingerprint density at radius 2 is 1.07 bits per heavy atom. The molecule has 0 fully saturated rings. The number of rotatable bonds is 23. The van der Waals surface area contributed by atoms with E-state index in [9.17, 15) is 9.59 Å². The summed E-state index contributed by atoms with van der Waals surface area (Å²) in [6.07, 6.45) is 20.3. The fourth-order valence-corrected chi connectivity index (χ4v) is 3.33. The van der Waals surface area contributed by atoms with Crippen molar-refractivity contribution < 1.29 is 24.2 Å². The molecule has 5 nitrogen and oxygen atoms in total. The molecular formula is C24H46O5. The van der Waals surface area contributed by atoms with Gasteiger partial charge in [-0.05, 0) is 19.3 Å². The van der Waals surface area contributed by atoms with E-state index in [0.29, 0.717) is 19.4 Å². The zero-order valence-electron chi connectivity index (χ0n) is 18.9. The number of carboxylic acids is 1. The van der Waals surface area contributed by atoms with E-state index in [1.54, 1.807) is 0 Å². The summed E-state index contributed by atoms with van der Waals surface area (Å²) in [6, 6.07) is 0. The Hall–Kier alpha value is -1.10. The summed E-state index contributed by atoms with van der Waals surface area (Å²) in [4.78, 5) is 21.8. The summed E-state index contributed by atoms with van der Waals surface area (Å²) in [5, 5.41) is 8.52. The normalized spacial score (nSPS) is 10.9. The molecule has 0 saturated carbocycles. The van der Waals surface area contributed by atoms with Crippen molar-refractivity contribution in [2.75, 3.05) is 19.8 Å². The zero-order chi connectivity index (χ0) is 21.4. The van der Waals surface area contributed by atoms with E-state index in [4.69, 9.17) is 14.6 Å². The van der Waals surface area contributed by atoms with Crippen molar-refractivity contribution in [1.29, 1.82) is 0 Å². The largest absolute Gasteiger partial charge is 0.481 e. The minimum atomic E-state index is -0.824. The van der Waals surface area contributed by atoms with Crippen molar-refractivity contribution in [3.05, 3.63) is 0 Å². The molecule has 0 aliphatic carbocycles. The third-order valence-corrected chi connectivity index (χ3v) is 5.15. The summed E-state index contributed by atoms with van der Waals surface area (Å²) >= 11 is 0. The fraction of sp³-hybridized carbons (Fsp3) is 0.917. The van der Waals surface area contributed by atoms with Gasteiger partial charge in [-0.2, -0.15) is 0 Å². The van der Waals surface area contributed by atoms with Gasteiger partial charge in [-0.25, -0.2) is 0 Å². The first-order chi connectivity index (χ1) is 14.2. The van der Waals surface area contributed by atoms with Gasteiger partial charge < -0.3 is 14.6 Å². The number of carbonyl (C=O) groups excluding carboxylic acids is 1. The van der Waals surface area contributed by atoms with Gasteiger partial charge in [-0.15, -0.1) is 0 Å². The van der Waals surface area contributed by atoms with Crippen LogP contribution in [0.15, 0.2) is 0 Å². The van der Waals surface area contributed by atoms with Gasteiger partial charge in [0, 0.05) is 19.4 Å². The van der Waals surface area contributed by atoms with Crippen LogP contribution in [0, 0.1) is 0 Å². The van der Waals surface area contributed by atoms with E-state index in [1.807, 2.05) is 0 Å². The molecule has 0 aromatic carbocycles. The Bertz CT molecular complexity index is 370. The highest BCUT2D eigenvalue weighted by Gasteiger charge is 2.04. The van der Waals surface area contributed by atoms with Crippen LogP contribution in [0.3, 0.4) is 0 Å². The summed E-state index contributed by atoms with van der Waals surface area (Å²) < 4.78 is 10.6. The third kappa shape index (κ3) is 24.9. The summed E-state index contributed by atoms with van der Waals surface area (Å²) in [5.74, 6) is -1.09. The first kappa shape index (κ1) is 27.9. The molecule has 172 valence electrons. The number of carboxylic acid groups (broad SMARTS) is 1. The molecular weight excluding hydrogens is 368 g/mol. The number of hydrogen-bond donors (Lipinski definition) is 1. The van der Waals surface area contributed by atoms with E-state index < -0.39 is 5.97 Å². The average molecular weight is 415 g/mol. The molecule has 0 aliphatic heterocycles. The fourth-order valence-electron chi connectivity index (χ4n) is 3.33. The van der Waals surface area contributed by atoms with Crippen LogP contribution in [0.1, 0.15) is 122 Å². The van der Waals surface area contributed by atoms with Gasteiger partial charge in [0.25, 0.3) is 0 Å². The van der Waals surface area contributed by atoms with E-state index >= 15 is 0 Å². The van der Waals surface area contributed by atoms with E-state index in [1.165, 1.54) is 83.5 Å². The number of esters is 1. The molecule has 29 heavy (non-hydrogen) atoms. The topological polar surface area (TPSA) is 72.8 Å². The Kier molecular flexibility index (Phi) is 22.3. The molecule has 0 unspecified atom stereocenters. The lowest BCUT2D eigenvalue weighted by Crippen LogP contribution is -2.11. The first-order valence-electron chi connectivity index (χ1n) is 12.1. The highest BCUT2D eigenvalue weighted by molar-refractivity contribution is 5.69.